The van der Waals surface area contributed by atoms with E-state index in [1.165, 1.54) is 6.07 Å². The fourth-order valence-electron chi connectivity index (χ4n) is 1.38. The highest BCUT2D eigenvalue weighted by Crippen LogP contribution is 2.31. The zero-order chi connectivity index (χ0) is 12.8. The van der Waals surface area contributed by atoms with Crippen LogP contribution in [0.2, 0.25) is 0 Å². The van der Waals surface area contributed by atoms with Crippen LogP contribution in [-0.2, 0) is 5.75 Å². The Labute approximate surface area is 105 Å². The number of nitro benzene ring substituents is 1. The summed E-state index contributed by atoms with van der Waals surface area (Å²) >= 11 is 1.76. The van der Waals surface area contributed by atoms with Crippen LogP contribution < -0.4 is 11.3 Å². The first-order chi connectivity index (χ1) is 8.10. The molecule has 0 saturated heterocycles. The highest BCUT2D eigenvalue weighted by Gasteiger charge is 2.16. The molecular formula is C11H17N3O2S. The average molecular weight is 255 g/mol. The molecule has 0 aliphatic heterocycles. The van der Waals surface area contributed by atoms with Crippen LogP contribution in [0.25, 0.3) is 0 Å². The van der Waals surface area contributed by atoms with Gasteiger partial charge in [0.15, 0.2) is 0 Å². The number of anilines is 1. The monoisotopic (exact) mass is 255 g/mol. The number of rotatable bonds is 6. The molecular weight excluding hydrogens is 238 g/mol. The number of nitrogens with one attached hydrogen (secondary N) is 1. The van der Waals surface area contributed by atoms with E-state index in [2.05, 4.69) is 19.3 Å². The van der Waals surface area contributed by atoms with Crippen LogP contribution in [0.3, 0.4) is 0 Å². The lowest BCUT2D eigenvalue weighted by molar-refractivity contribution is -0.384. The maximum absolute atomic E-state index is 10.8. The minimum absolute atomic E-state index is 0.0229. The van der Waals surface area contributed by atoms with E-state index in [-0.39, 0.29) is 5.69 Å². The van der Waals surface area contributed by atoms with Gasteiger partial charge in [-0.15, -0.1) is 0 Å². The van der Waals surface area contributed by atoms with Gasteiger partial charge in [-0.25, -0.2) is 0 Å². The summed E-state index contributed by atoms with van der Waals surface area (Å²) in [6.07, 6.45) is 1.07. The van der Waals surface area contributed by atoms with Crippen molar-refractivity contribution in [2.24, 2.45) is 5.84 Å². The van der Waals surface area contributed by atoms with Gasteiger partial charge in [0.1, 0.15) is 5.69 Å². The van der Waals surface area contributed by atoms with Gasteiger partial charge >= 0.3 is 0 Å². The van der Waals surface area contributed by atoms with Crippen molar-refractivity contribution in [3.8, 4) is 0 Å². The van der Waals surface area contributed by atoms with Crippen LogP contribution in [0, 0.1) is 10.1 Å². The summed E-state index contributed by atoms with van der Waals surface area (Å²) in [5, 5.41) is 11.4. The van der Waals surface area contributed by atoms with Crippen molar-refractivity contribution in [1.29, 1.82) is 0 Å². The SMILES string of the molecule is CCC(C)SCc1cccc([N+](=O)[O-])c1NN. The second kappa shape index (κ2) is 6.46. The van der Waals surface area contributed by atoms with E-state index in [1.54, 1.807) is 17.8 Å². The van der Waals surface area contributed by atoms with Gasteiger partial charge in [0.2, 0.25) is 0 Å². The molecule has 94 valence electrons. The molecule has 17 heavy (non-hydrogen) atoms. The van der Waals surface area contributed by atoms with Gasteiger partial charge in [0.25, 0.3) is 5.69 Å². The number of hydrogen-bond acceptors (Lipinski definition) is 5. The standard InChI is InChI=1S/C11H17N3O2S/c1-3-8(2)17-7-9-5-4-6-10(14(15)16)11(9)13-12/h4-6,8,13H,3,7,12H2,1-2H3. The van der Waals surface area contributed by atoms with Gasteiger partial charge in [-0.3, -0.25) is 16.0 Å². The molecule has 0 aromatic heterocycles. The summed E-state index contributed by atoms with van der Waals surface area (Å²) in [4.78, 5) is 10.4. The molecule has 0 amide bonds. The van der Waals surface area contributed by atoms with Gasteiger partial charge in [0, 0.05) is 17.1 Å². The van der Waals surface area contributed by atoms with Gasteiger partial charge in [-0.05, 0) is 12.0 Å². The number of benzene rings is 1. The quantitative estimate of drug-likeness (QED) is 0.464. The van der Waals surface area contributed by atoms with E-state index in [1.807, 2.05) is 6.07 Å². The first-order valence-electron chi connectivity index (χ1n) is 5.44. The summed E-state index contributed by atoms with van der Waals surface area (Å²) in [5.74, 6) is 6.08. The second-order valence-corrected chi connectivity index (χ2v) is 5.17. The lowest BCUT2D eigenvalue weighted by Crippen LogP contribution is -2.11. The molecule has 3 N–H and O–H groups in total. The van der Waals surface area contributed by atoms with Crippen molar-refractivity contribution < 1.29 is 4.92 Å². The van der Waals surface area contributed by atoms with Crippen molar-refractivity contribution in [2.45, 2.75) is 31.3 Å². The third-order valence-electron chi connectivity index (χ3n) is 2.57. The van der Waals surface area contributed by atoms with E-state index in [4.69, 9.17) is 5.84 Å². The molecule has 0 heterocycles. The minimum Gasteiger partial charge on any atom is -0.318 e. The first kappa shape index (κ1) is 13.8. The number of nitrogens with zero attached hydrogens (tertiary/aromatic N) is 1. The molecule has 0 fully saturated rings. The van der Waals surface area contributed by atoms with E-state index < -0.39 is 4.92 Å². The zero-order valence-electron chi connectivity index (χ0n) is 9.97. The Balaban J connectivity index is 2.91. The fourth-order valence-corrected chi connectivity index (χ4v) is 2.32. The maximum atomic E-state index is 10.8. The number of hydrazine groups is 1. The van der Waals surface area contributed by atoms with Crippen molar-refractivity contribution in [1.82, 2.24) is 0 Å². The van der Waals surface area contributed by atoms with Crippen LogP contribution in [0.1, 0.15) is 25.8 Å². The van der Waals surface area contributed by atoms with Gasteiger partial charge < -0.3 is 5.43 Å². The van der Waals surface area contributed by atoms with Crippen LogP contribution in [0.5, 0.6) is 0 Å². The smallest absolute Gasteiger partial charge is 0.293 e. The van der Waals surface area contributed by atoms with Crippen molar-refractivity contribution >= 4 is 23.1 Å². The Morgan fingerprint density at radius 2 is 2.29 bits per heavy atom. The fraction of sp³-hybridized carbons (Fsp3) is 0.455. The third kappa shape index (κ3) is 3.61. The van der Waals surface area contributed by atoms with Crippen LogP contribution >= 0.6 is 11.8 Å². The minimum atomic E-state index is -0.424. The summed E-state index contributed by atoms with van der Waals surface area (Å²) in [5.41, 5.74) is 3.73. The van der Waals surface area contributed by atoms with Crippen LogP contribution in [-0.4, -0.2) is 10.2 Å². The van der Waals surface area contributed by atoms with E-state index in [0.717, 1.165) is 17.7 Å². The van der Waals surface area contributed by atoms with Crippen LogP contribution in [0.4, 0.5) is 11.4 Å². The maximum Gasteiger partial charge on any atom is 0.293 e. The van der Waals surface area contributed by atoms with Gasteiger partial charge in [-0.2, -0.15) is 11.8 Å². The Bertz CT molecular complexity index is 398. The van der Waals surface area contributed by atoms with Crippen molar-refractivity contribution in [3.05, 3.63) is 33.9 Å². The predicted octanol–water partition coefficient (Wildman–Crippen LogP) is 2.91. The Morgan fingerprint density at radius 1 is 1.59 bits per heavy atom. The van der Waals surface area contributed by atoms with Gasteiger partial charge in [0.05, 0.1) is 4.92 Å². The number of nitrogens with two attached hydrogens (primary N) is 1. The summed E-state index contributed by atoms with van der Waals surface area (Å²) in [6, 6.07) is 5.00. The number of thioether (sulfide) groups is 1. The van der Waals surface area contributed by atoms with Crippen molar-refractivity contribution in [2.75, 3.05) is 5.43 Å². The molecule has 0 aliphatic carbocycles. The third-order valence-corrected chi connectivity index (χ3v) is 3.95. The molecule has 5 nitrogen and oxygen atoms in total. The molecule has 0 spiro atoms. The zero-order valence-corrected chi connectivity index (χ0v) is 10.8. The highest BCUT2D eigenvalue weighted by atomic mass is 32.2. The molecule has 1 atom stereocenters. The van der Waals surface area contributed by atoms with E-state index >= 15 is 0 Å². The summed E-state index contributed by atoms with van der Waals surface area (Å²) in [6.45, 7) is 4.25. The Kier molecular flexibility index (Phi) is 5.24. The molecule has 6 heteroatoms. The molecule has 0 radical (unpaired) electrons. The Morgan fingerprint density at radius 3 is 2.82 bits per heavy atom. The largest absolute Gasteiger partial charge is 0.318 e. The number of nitrogen functional groups attached to an aromatic ring is 1. The van der Waals surface area contributed by atoms with E-state index in [0.29, 0.717) is 10.9 Å². The van der Waals surface area contributed by atoms with E-state index in [9.17, 15) is 10.1 Å². The lowest BCUT2D eigenvalue weighted by atomic mass is 10.2. The molecule has 0 aliphatic rings. The Hall–Kier alpha value is -1.27. The molecule has 1 unspecified atom stereocenters. The number of hydrogen-bond donors (Lipinski definition) is 2. The normalized spacial score (nSPS) is 12.2. The average Bonchev–Trinajstić information content (AvgIpc) is 2.34. The topological polar surface area (TPSA) is 81.2 Å². The predicted molar refractivity (Wildman–Crippen MR) is 72.0 cm³/mol. The molecule has 1 rings (SSSR count). The van der Waals surface area contributed by atoms with Crippen LogP contribution in [0.15, 0.2) is 18.2 Å². The van der Waals surface area contributed by atoms with Crippen molar-refractivity contribution in [3.63, 3.8) is 0 Å². The second-order valence-electron chi connectivity index (χ2n) is 3.74. The van der Waals surface area contributed by atoms with Gasteiger partial charge in [-0.1, -0.05) is 26.0 Å². The highest BCUT2D eigenvalue weighted by molar-refractivity contribution is 7.99. The molecule has 0 bridgehead atoms. The molecule has 0 saturated carbocycles. The first-order valence-corrected chi connectivity index (χ1v) is 6.49. The lowest BCUT2D eigenvalue weighted by Gasteiger charge is -2.11. The summed E-state index contributed by atoms with van der Waals surface area (Å²) < 4.78 is 0. The molecule has 1 aromatic rings. The summed E-state index contributed by atoms with van der Waals surface area (Å²) in [7, 11) is 0. The number of para-hydroxylation sites is 1. The number of nitro groups is 1. The molecule has 1 aromatic carbocycles.